The molecule has 0 radical (unpaired) electrons. The molecule has 2 aliphatic rings. The van der Waals surface area contributed by atoms with Crippen LogP contribution < -0.4 is 20.1 Å². The van der Waals surface area contributed by atoms with Gasteiger partial charge in [0.1, 0.15) is 11.5 Å². The molecule has 0 atom stereocenters. The largest absolute Gasteiger partial charge is 0.497 e. The van der Waals surface area contributed by atoms with Crippen molar-refractivity contribution in [2.75, 3.05) is 40.6 Å². The monoisotopic (exact) mass is 472 g/mol. The van der Waals surface area contributed by atoms with E-state index < -0.39 is 18.4 Å². The van der Waals surface area contributed by atoms with E-state index >= 15 is 0 Å². The zero-order chi connectivity index (χ0) is 20.5. The van der Waals surface area contributed by atoms with Crippen molar-refractivity contribution < 1.29 is 27.6 Å². The second-order valence-electron chi connectivity index (χ2n) is 6.98. The lowest BCUT2D eigenvalue weighted by molar-refractivity contribution is -0.0512. The van der Waals surface area contributed by atoms with Gasteiger partial charge in [-0.05, 0) is 72.1 Å². The molecule has 2 heterocycles. The minimum atomic E-state index is -2.55. The van der Waals surface area contributed by atoms with Gasteiger partial charge in [0.05, 0.1) is 46.1 Å². The molecule has 2 aromatic rings. The van der Waals surface area contributed by atoms with E-state index in [1.807, 2.05) is 48.5 Å². The van der Waals surface area contributed by atoms with Gasteiger partial charge in [-0.2, -0.15) is 0 Å². The van der Waals surface area contributed by atoms with E-state index in [1.54, 1.807) is 14.2 Å². The summed E-state index contributed by atoms with van der Waals surface area (Å²) in [6.07, 6.45) is 0. The summed E-state index contributed by atoms with van der Waals surface area (Å²) in [7, 11) is 3.25. The molecule has 0 aromatic heterocycles. The fourth-order valence-corrected chi connectivity index (χ4v) is 7.95. The Balaban J connectivity index is 1.42. The minimum Gasteiger partial charge on any atom is -0.497 e. The van der Waals surface area contributed by atoms with E-state index in [0.29, 0.717) is 26.4 Å². The van der Waals surface area contributed by atoms with Crippen LogP contribution in [-0.4, -0.2) is 40.6 Å². The summed E-state index contributed by atoms with van der Waals surface area (Å²) in [4.78, 5) is 0. The van der Waals surface area contributed by atoms with Crippen LogP contribution in [0.3, 0.4) is 0 Å². The number of hydrogen-bond donors (Lipinski definition) is 0. The molecule has 0 aliphatic carbocycles. The van der Waals surface area contributed by atoms with E-state index in [-0.39, 0.29) is 0 Å². The summed E-state index contributed by atoms with van der Waals surface area (Å²) >= 11 is 11.4. The van der Waals surface area contributed by atoms with Gasteiger partial charge < -0.3 is 27.6 Å². The molecule has 0 amide bonds. The highest BCUT2D eigenvalue weighted by Gasteiger charge is 2.46. The van der Waals surface area contributed by atoms with Crippen LogP contribution >= 0.6 is 13.0 Å². The molecule has 10 heteroatoms. The lowest BCUT2D eigenvalue weighted by Gasteiger charge is -2.45. The maximum Gasteiger partial charge on any atom is 0.219 e. The molecule has 4 rings (SSSR count). The van der Waals surface area contributed by atoms with Crippen LogP contribution in [0, 0.1) is 5.41 Å². The van der Waals surface area contributed by atoms with Crippen molar-refractivity contribution in [3.63, 3.8) is 0 Å². The highest BCUT2D eigenvalue weighted by atomic mass is 32.5. The van der Waals surface area contributed by atoms with Crippen LogP contribution in [-0.2, 0) is 41.7 Å². The average Bonchev–Trinajstić information content (AvgIpc) is 2.78. The number of ether oxygens (including phenoxy) is 2. The van der Waals surface area contributed by atoms with E-state index in [0.717, 1.165) is 22.1 Å². The molecule has 2 aliphatic heterocycles. The summed E-state index contributed by atoms with van der Waals surface area (Å²) in [6, 6.07) is 15.0. The van der Waals surface area contributed by atoms with Crippen molar-refractivity contribution >= 4 is 47.2 Å². The standard InChI is InChI=1S/C19H22O6P2S2/c1-20-15-3-7-17(8-4-15)26(28)22-11-19(12-23-26)13-24-27(29,25-14-19)18-9-5-16(21-2)6-10-18/h3-10H,11-14H2,1-2H3. The molecule has 0 unspecified atom stereocenters. The van der Waals surface area contributed by atoms with Crippen molar-refractivity contribution in [3.8, 4) is 11.5 Å². The van der Waals surface area contributed by atoms with E-state index in [9.17, 15) is 0 Å². The zero-order valence-corrected chi connectivity index (χ0v) is 19.5. The Bertz CT molecular complexity index is 857. The third-order valence-corrected chi connectivity index (χ3v) is 11.2. The van der Waals surface area contributed by atoms with E-state index in [1.165, 1.54) is 0 Å². The SMILES string of the molecule is COc1ccc(P2(=S)OCC3(CO2)COP(=S)(c2ccc(OC)cc2)OC3)cc1. The maximum absolute atomic E-state index is 6.09. The summed E-state index contributed by atoms with van der Waals surface area (Å²) in [6.45, 7) is -3.46. The lowest BCUT2D eigenvalue weighted by Crippen LogP contribution is -2.47. The molecule has 0 saturated carbocycles. The van der Waals surface area contributed by atoms with Gasteiger partial charge in [0.15, 0.2) is 0 Å². The van der Waals surface area contributed by atoms with Crippen molar-refractivity contribution in [1.29, 1.82) is 0 Å². The number of methoxy groups -OCH3 is 2. The topological polar surface area (TPSA) is 55.4 Å². The van der Waals surface area contributed by atoms with Gasteiger partial charge in [0, 0.05) is 10.6 Å². The first-order valence-electron chi connectivity index (χ1n) is 8.98. The van der Waals surface area contributed by atoms with Crippen LogP contribution in [0.5, 0.6) is 11.5 Å². The van der Waals surface area contributed by atoms with Gasteiger partial charge in [-0.3, -0.25) is 0 Å². The third-order valence-electron chi connectivity index (χ3n) is 4.94. The molecule has 0 N–H and O–H groups in total. The molecule has 2 saturated heterocycles. The smallest absolute Gasteiger partial charge is 0.219 e. The Morgan fingerprint density at radius 3 is 1.24 bits per heavy atom. The number of rotatable bonds is 4. The normalized spacial score (nSPS) is 32.1. The second kappa shape index (κ2) is 8.37. The fraction of sp³-hybridized carbons (Fsp3) is 0.368. The molecule has 156 valence electrons. The van der Waals surface area contributed by atoms with Crippen LogP contribution in [0.1, 0.15) is 0 Å². The maximum atomic E-state index is 6.09. The van der Waals surface area contributed by atoms with Crippen LogP contribution in [0.2, 0.25) is 0 Å². The van der Waals surface area contributed by atoms with Crippen molar-refractivity contribution in [1.82, 2.24) is 0 Å². The zero-order valence-electron chi connectivity index (χ0n) is 16.1. The summed E-state index contributed by atoms with van der Waals surface area (Å²) in [5.74, 6) is 1.53. The third kappa shape index (κ3) is 4.32. The van der Waals surface area contributed by atoms with E-state index in [4.69, 9.17) is 51.2 Å². The van der Waals surface area contributed by atoms with Crippen LogP contribution in [0.4, 0.5) is 0 Å². The van der Waals surface area contributed by atoms with Crippen molar-refractivity contribution in [3.05, 3.63) is 48.5 Å². The fourth-order valence-electron chi connectivity index (χ4n) is 3.04. The Hall–Kier alpha value is -0.820. The summed E-state index contributed by atoms with van der Waals surface area (Å²) in [5, 5.41) is 1.73. The first-order valence-corrected chi connectivity index (χ1v) is 14.3. The highest BCUT2D eigenvalue weighted by molar-refractivity contribution is 8.13. The van der Waals surface area contributed by atoms with Crippen molar-refractivity contribution in [2.45, 2.75) is 0 Å². The lowest BCUT2D eigenvalue weighted by atomic mass is 9.93. The number of hydrogen-bond acceptors (Lipinski definition) is 8. The summed E-state index contributed by atoms with van der Waals surface area (Å²) in [5.41, 5.74) is -0.399. The quantitative estimate of drug-likeness (QED) is 0.629. The van der Waals surface area contributed by atoms with Gasteiger partial charge in [0.25, 0.3) is 0 Å². The molecular weight excluding hydrogens is 450 g/mol. The van der Waals surface area contributed by atoms with E-state index in [2.05, 4.69) is 0 Å². The first-order chi connectivity index (χ1) is 13.9. The molecule has 6 nitrogen and oxygen atoms in total. The Labute approximate surface area is 180 Å². The van der Waals surface area contributed by atoms with Gasteiger partial charge in [-0.25, -0.2) is 0 Å². The Morgan fingerprint density at radius 1 is 0.655 bits per heavy atom. The van der Waals surface area contributed by atoms with Gasteiger partial charge in [-0.1, -0.05) is 0 Å². The van der Waals surface area contributed by atoms with Gasteiger partial charge in [0.2, 0.25) is 13.0 Å². The van der Waals surface area contributed by atoms with Crippen LogP contribution in [0.25, 0.3) is 0 Å². The Kier molecular flexibility index (Phi) is 6.18. The highest BCUT2D eigenvalue weighted by Crippen LogP contribution is 2.58. The van der Waals surface area contributed by atoms with Crippen molar-refractivity contribution in [2.24, 2.45) is 5.41 Å². The predicted molar refractivity (Wildman–Crippen MR) is 120 cm³/mol. The first kappa shape index (κ1) is 21.4. The number of benzene rings is 2. The molecule has 2 aromatic carbocycles. The predicted octanol–water partition coefficient (Wildman–Crippen LogP) is 3.35. The Morgan fingerprint density at radius 2 is 0.966 bits per heavy atom. The average molecular weight is 472 g/mol. The van der Waals surface area contributed by atoms with Gasteiger partial charge in [-0.15, -0.1) is 0 Å². The minimum absolute atomic E-state index is 0.399. The summed E-state index contributed by atoms with van der Waals surface area (Å²) < 4.78 is 34.7. The molecular formula is C19H22O6P2S2. The molecule has 0 bridgehead atoms. The van der Waals surface area contributed by atoms with Gasteiger partial charge >= 0.3 is 0 Å². The molecule has 2 fully saturated rings. The van der Waals surface area contributed by atoms with Crippen LogP contribution in [0.15, 0.2) is 48.5 Å². The molecule has 29 heavy (non-hydrogen) atoms. The molecule has 1 spiro atoms. The second-order valence-corrected chi connectivity index (χ2v) is 13.9.